The third-order valence-electron chi connectivity index (χ3n) is 4.91. The van der Waals surface area contributed by atoms with E-state index in [1.807, 2.05) is 5.32 Å². The lowest BCUT2D eigenvalue weighted by Gasteiger charge is -2.14. The summed E-state index contributed by atoms with van der Waals surface area (Å²) in [5, 5.41) is 12.1. The minimum absolute atomic E-state index is 0.0558. The molecule has 2 heterocycles. The number of carbonyl (C=O) groups is 1. The van der Waals surface area contributed by atoms with Crippen LogP contribution in [0.3, 0.4) is 0 Å². The van der Waals surface area contributed by atoms with Gasteiger partial charge in [-0.2, -0.15) is 0 Å². The predicted octanol–water partition coefficient (Wildman–Crippen LogP) is 3.82. The third-order valence-corrected chi connectivity index (χ3v) is 4.91. The number of benzene rings is 2. The molecule has 0 aliphatic heterocycles. The van der Waals surface area contributed by atoms with Gasteiger partial charge in [-0.15, -0.1) is 0 Å². The third kappa shape index (κ3) is 3.87. The summed E-state index contributed by atoms with van der Waals surface area (Å²) in [5.74, 6) is -7.07. The number of anilines is 2. The summed E-state index contributed by atoms with van der Waals surface area (Å²) in [5.41, 5.74) is 4.28. The molecule has 7 nitrogen and oxygen atoms in total. The van der Waals surface area contributed by atoms with Crippen LogP contribution in [-0.2, 0) is 4.79 Å². The zero-order valence-electron chi connectivity index (χ0n) is 19.8. The topological polar surface area (TPSA) is 106 Å². The van der Waals surface area contributed by atoms with Crippen LogP contribution in [0, 0.1) is 37.0 Å². The first-order valence-electron chi connectivity index (χ1n) is 10.9. The van der Waals surface area contributed by atoms with E-state index in [-0.39, 0.29) is 17.0 Å². The van der Waals surface area contributed by atoms with E-state index in [0.29, 0.717) is 23.9 Å². The molecule has 0 fully saturated rings. The molecule has 1 amide bonds. The monoisotopic (exact) mass is 462 g/mol. The highest BCUT2D eigenvalue weighted by atomic mass is 19.2. The van der Waals surface area contributed by atoms with Crippen LogP contribution < -0.4 is 11.1 Å². The summed E-state index contributed by atoms with van der Waals surface area (Å²) >= 11 is 0. The van der Waals surface area contributed by atoms with Gasteiger partial charge in [-0.3, -0.25) is 9.20 Å². The van der Waals surface area contributed by atoms with Gasteiger partial charge in [0.15, 0.2) is 17.7 Å². The van der Waals surface area contributed by atoms with Gasteiger partial charge in [-0.1, -0.05) is 0 Å². The van der Waals surface area contributed by atoms with Crippen LogP contribution in [0.15, 0.2) is 36.5 Å². The summed E-state index contributed by atoms with van der Waals surface area (Å²) in [7, 11) is 0. The number of fused-ring (bicyclic) bond motifs is 1. The van der Waals surface area contributed by atoms with E-state index in [9.17, 15) is 23.1 Å². The Labute approximate surface area is 188 Å². The van der Waals surface area contributed by atoms with E-state index in [1.54, 1.807) is 0 Å². The number of imidazole rings is 1. The van der Waals surface area contributed by atoms with Crippen molar-refractivity contribution in [2.45, 2.75) is 19.9 Å². The fourth-order valence-electron chi connectivity index (χ4n) is 3.38. The van der Waals surface area contributed by atoms with Crippen molar-refractivity contribution in [2.75, 3.05) is 11.1 Å². The SMILES string of the molecule is [2H]C([2H])([2H])c1nc(-c2ccc(NC(=O)C(O)c3cc(F)cc(F)c3)c(F)c2F)c2c(N)ncc(C)n12. The Hall–Kier alpha value is -3.99. The number of halogens is 4. The molecule has 1 atom stereocenters. The molecule has 1 unspecified atom stereocenters. The van der Waals surface area contributed by atoms with Crippen LogP contribution in [0.2, 0.25) is 0 Å². The first kappa shape index (κ1) is 18.6. The largest absolute Gasteiger partial charge is 0.382 e. The van der Waals surface area contributed by atoms with Crippen LogP contribution in [0.1, 0.15) is 27.3 Å². The lowest BCUT2D eigenvalue weighted by molar-refractivity contribution is -0.124. The molecular weight excluding hydrogens is 442 g/mol. The van der Waals surface area contributed by atoms with Crippen molar-refractivity contribution in [3.05, 3.63) is 76.9 Å². The Kier molecular flexibility index (Phi) is 4.60. The Morgan fingerprint density at radius 1 is 1.18 bits per heavy atom. The second-order valence-electron chi connectivity index (χ2n) is 7.14. The van der Waals surface area contributed by atoms with Gasteiger partial charge in [0.25, 0.3) is 5.91 Å². The van der Waals surface area contributed by atoms with Gasteiger partial charge in [0.1, 0.15) is 34.5 Å². The number of nitrogens with one attached hydrogen (secondary N) is 1. The number of aromatic nitrogens is 3. The average molecular weight is 462 g/mol. The van der Waals surface area contributed by atoms with Crippen molar-refractivity contribution >= 4 is 22.9 Å². The molecule has 2 aromatic carbocycles. The lowest BCUT2D eigenvalue weighted by Crippen LogP contribution is -2.22. The zero-order chi connectivity index (χ0) is 26.5. The number of amides is 1. The van der Waals surface area contributed by atoms with Gasteiger partial charge in [0.2, 0.25) is 0 Å². The number of nitrogens with zero attached hydrogens (tertiary/aromatic N) is 3. The molecule has 0 spiro atoms. The Morgan fingerprint density at radius 3 is 2.55 bits per heavy atom. The number of hydrogen-bond donors (Lipinski definition) is 3. The zero-order valence-corrected chi connectivity index (χ0v) is 16.8. The molecular formula is C22H17F4N5O2. The molecule has 170 valence electrons. The molecule has 4 rings (SSSR count). The molecule has 0 radical (unpaired) electrons. The van der Waals surface area contributed by atoms with Crippen LogP contribution in [0.25, 0.3) is 16.8 Å². The molecule has 4 N–H and O–H groups in total. The number of carbonyl (C=O) groups excluding carboxylic acids is 1. The number of rotatable bonds is 4. The molecule has 0 aliphatic rings. The van der Waals surface area contributed by atoms with Gasteiger partial charge in [0, 0.05) is 27.6 Å². The summed E-state index contributed by atoms with van der Waals surface area (Å²) in [6.45, 7) is -1.19. The number of aliphatic hydroxyl groups excluding tert-OH is 1. The lowest BCUT2D eigenvalue weighted by atomic mass is 10.1. The normalized spacial score (nSPS) is 13.9. The van der Waals surface area contributed by atoms with E-state index in [4.69, 9.17) is 9.85 Å². The van der Waals surface area contributed by atoms with Crippen molar-refractivity contribution in [3.8, 4) is 11.3 Å². The second kappa shape index (κ2) is 8.17. The first-order chi connectivity index (χ1) is 16.8. The van der Waals surface area contributed by atoms with Crippen LogP contribution in [0.5, 0.6) is 0 Å². The maximum atomic E-state index is 15.2. The van der Waals surface area contributed by atoms with Crippen LogP contribution in [-0.4, -0.2) is 25.4 Å². The fourth-order valence-corrected chi connectivity index (χ4v) is 3.38. The van der Waals surface area contributed by atoms with Crippen molar-refractivity contribution in [1.82, 2.24) is 14.4 Å². The Bertz CT molecular complexity index is 1500. The van der Waals surface area contributed by atoms with E-state index in [0.717, 1.165) is 12.1 Å². The fraction of sp³-hybridized carbons (Fsp3) is 0.136. The molecule has 33 heavy (non-hydrogen) atoms. The van der Waals surface area contributed by atoms with E-state index in [1.165, 1.54) is 17.5 Å². The van der Waals surface area contributed by atoms with Crippen LogP contribution in [0.4, 0.5) is 29.1 Å². The van der Waals surface area contributed by atoms with Gasteiger partial charge in [0.05, 0.1) is 5.69 Å². The predicted molar refractivity (Wildman–Crippen MR) is 112 cm³/mol. The quantitative estimate of drug-likeness (QED) is 0.400. The summed E-state index contributed by atoms with van der Waals surface area (Å²) in [6.07, 6.45) is -0.793. The van der Waals surface area contributed by atoms with Crippen molar-refractivity contribution < 1.29 is 31.6 Å². The van der Waals surface area contributed by atoms with E-state index >= 15 is 4.39 Å². The Morgan fingerprint density at radius 2 is 1.88 bits per heavy atom. The standard InChI is InChI=1S/C22H17F4N5O2/c1-9-8-28-21(27)19-18(29-10(2)31(9)19)14-3-4-15(17(26)16(14)25)30-22(33)20(32)11-5-12(23)7-13(24)6-11/h3-8,20,32H,1-2H3,(H2,27,28)(H,30,33)/i2D3. The highest BCUT2D eigenvalue weighted by Crippen LogP contribution is 2.34. The second-order valence-corrected chi connectivity index (χ2v) is 7.14. The van der Waals surface area contributed by atoms with Crippen molar-refractivity contribution in [1.29, 1.82) is 0 Å². The maximum absolute atomic E-state index is 15.2. The average Bonchev–Trinajstić information content (AvgIpc) is 3.20. The number of nitrogen functional groups attached to an aromatic ring is 1. The minimum Gasteiger partial charge on any atom is -0.382 e. The maximum Gasteiger partial charge on any atom is 0.257 e. The molecule has 2 aromatic heterocycles. The molecule has 0 saturated carbocycles. The minimum atomic E-state index is -2.73. The number of aryl methyl sites for hydroxylation is 2. The van der Waals surface area contributed by atoms with E-state index in [2.05, 4.69) is 9.97 Å². The molecule has 11 heteroatoms. The number of nitrogens with two attached hydrogens (primary N) is 1. The van der Waals surface area contributed by atoms with Gasteiger partial charge in [-0.05, 0) is 43.6 Å². The first-order valence-corrected chi connectivity index (χ1v) is 9.37. The number of hydrogen-bond acceptors (Lipinski definition) is 5. The Balaban J connectivity index is 1.75. The van der Waals surface area contributed by atoms with E-state index < -0.39 is 64.8 Å². The highest BCUT2D eigenvalue weighted by molar-refractivity contribution is 5.95. The summed E-state index contributed by atoms with van der Waals surface area (Å²) in [6, 6.07) is 3.92. The summed E-state index contributed by atoms with van der Waals surface area (Å²) < 4.78 is 81.3. The molecule has 0 bridgehead atoms. The van der Waals surface area contributed by atoms with Gasteiger partial charge >= 0.3 is 0 Å². The molecule has 0 aliphatic carbocycles. The van der Waals surface area contributed by atoms with Crippen molar-refractivity contribution in [2.24, 2.45) is 0 Å². The summed E-state index contributed by atoms with van der Waals surface area (Å²) in [4.78, 5) is 20.3. The van der Waals surface area contributed by atoms with Crippen molar-refractivity contribution in [3.63, 3.8) is 0 Å². The molecule has 4 aromatic rings. The highest BCUT2D eigenvalue weighted by Gasteiger charge is 2.25. The van der Waals surface area contributed by atoms with Gasteiger partial charge < -0.3 is 16.2 Å². The van der Waals surface area contributed by atoms with Gasteiger partial charge in [-0.25, -0.2) is 27.5 Å². The smallest absolute Gasteiger partial charge is 0.257 e. The molecule has 0 saturated heterocycles. The van der Waals surface area contributed by atoms with Crippen LogP contribution >= 0.6 is 0 Å². The number of aliphatic hydroxyl groups is 1.